The van der Waals surface area contributed by atoms with Crippen molar-refractivity contribution in [1.29, 1.82) is 5.26 Å². The molecule has 0 amide bonds. The summed E-state index contributed by atoms with van der Waals surface area (Å²) in [5.74, 6) is 0.779. The number of piperazine rings is 1. The largest absolute Gasteiger partial charge is 0.587 e. The minimum absolute atomic E-state index is 0.583. The molecule has 4 rings (SSSR count). The molecule has 1 unspecified atom stereocenters. The van der Waals surface area contributed by atoms with Gasteiger partial charge in [-0.2, -0.15) is 9.23 Å². The summed E-state index contributed by atoms with van der Waals surface area (Å²) in [6.45, 7) is 3.58. The molecule has 0 radical (unpaired) electrons. The number of anilines is 1. The van der Waals surface area contributed by atoms with Crippen molar-refractivity contribution in [3.63, 3.8) is 0 Å². The summed E-state index contributed by atoms with van der Waals surface area (Å²) in [7, 11) is 1.65. The Morgan fingerprint density at radius 3 is 2.74 bits per heavy atom. The van der Waals surface area contributed by atoms with Crippen LogP contribution in [-0.4, -0.2) is 41.8 Å². The summed E-state index contributed by atoms with van der Waals surface area (Å²) in [5.41, 5.74) is 2.32. The van der Waals surface area contributed by atoms with Crippen LogP contribution in [0, 0.1) is 11.3 Å². The van der Waals surface area contributed by atoms with Crippen molar-refractivity contribution in [2.24, 2.45) is 0 Å². The highest BCUT2D eigenvalue weighted by Gasteiger charge is 2.22. The molecule has 27 heavy (non-hydrogen) atoms. The highest BCUT2D eigenvalue weighted by Crippen LogP contribution is 2.33. The number of fused-ring (bicyclic) bond motifs is 1. The first-order valence-corrected chi connectivity index (χ1v) is 9.90. The molecule has 1 fully saturated rings. The fourth-order valence-corrected chi connectivity index (χ4v) is 4.56. The molecule has 0 saturated carbocycles. The van der Waals surface area contributed by atoms with Crippen molar-refractivity contribution in [1.82, 2.24) is 9.29 Å². The Balaban J connectivity index is 1.74. The first-order valence-electron chi connectivity index (χ1n) is 8.79. The molecule has 2 heterocycles. The van der Waals surface area contributed by atoms with E-state index in [-0.39, 0.29) is 0 Å². The zero-order chi connectivity index (χ0) is 18.8. The second-order valence-electron chi connectivity index (χ2n) is 6.31. The van der Waals surface area contributed by atoms with E-state index in [0.29, 0.717) is 10.5 Å². The number of rotatable bonds is 4. The molecule has 3 aromatic rings. The Morgan fingerprint density at radius 2 is 2.00 bits per heavy atom. The molecule has 1 aliphatic rings. The Kier molecular flexibility index (Phi) is 4.94. The quantitative estimate of drug-likeness (QED) is 0.704. The van der Waals surface area contributed by atoms with Crippen LogP contribution in [0.4, 0.5) is 5.69 Å². The third-order valence-corrected chi connectivity index (χ3v) is 6.14. The number of nitriles is 1. The van der Waals surface area contributed by atoms with Gasteiger partial charge in [-0.05, 0) is 30.3 Å². The first-order chi connectivity index (χ1) is 13.2. The fraction of sp³-hybridized carbons (Fsp3) is 0.250. The molecule has 1 saturated heterocycles. The van der Waals surface area contributed by atoms with E-state index >= 15 is 0 Å². The molecule has 2 aromatic carbocycles. The van der Waals surface area contributed by atoms with Gasteiger partial charge in [0.1, 0.15) is 17.1 Å². The van der Waals surface area contributed by atoms with Crippen LogP contribution in [0.2, 0.25) is 0 Å². The Morgan fingerprint density at radius 1 is 1.19 bits per heavy atom. The smallest absolute Gasteiger partial charge is 0.182 e. The predicted molar refractivity (Wildman–Crippen MR) is 107 cm³/mol. The van der Waals surface area contributed by atoms with E-state index in [9.17, 15) is 9.81 Å². The first kappa shape index (κ1) is 17.7. The average molecular weight is 380 g/mol. The minimum Gasteiger partial charge on any atom is -0.587 e. The van der Waals surface area contributed by atoms with E-state index < -0.39 is 11.4 Å². The molecule has 7 heteroatoms. The number of nitrogens with one attached hydrogen (secondary N) is 1. The van der Waals surface area contributed by atoms with Crippen molar-refractivity contribution in [2.75, 3.05) is 38.2 Å². The van der Waals surface area contributed by atoms with Crippen LogP contribution < -0.4 is 15.0 Å². The fourth-order valence-electron chi connectivity index (χ4n) is 3.43. The van der Waals surface area contributed by atoms with E-state index in [1.165, 1.54) is 0 Å². The van der Waals surface area contributed by atoms with Crippen molar-refractivity contribution in [2.45, 2.75) is 4.90 Å². The van der Waals surface area contributed by atoms with E-state index in [2.05, 4.69) is 16.3 Å². The highest BCUT2D eigenvalue weighted by molar-refractivity contribution is 7.90. The predicted octanol–water partition coefficient (Wildman–Crippen LogP) is 2.50. The number of nitrogens with zero attached hydrogens (tertiary/aromatic N) is 3. The molecule has 1 N–H and O–H groups in total. The van der Waals surface area contributed by atoms with Crippen molar-refractivity contribution < 1.29 is 9.29 Å². The van der Waals surface area contributed by atoms with E-state index in [0.717, 1.165) is 48.5 Å². The normalized spacial score (nSPS) is 15.5. The lowest BCUT2D eigenvalue weighted by molar-refractivity contribution is 0.412. The summed E-state index contributed by atoms with van der Waals surface area (Å²) in [4.78, 5) is 2.95. The van der Waals surface area contributed by atoms with Crippen LogP contribution in [0.25, 0.3) is 10.9 Å². The van der Waals surface area contributed by atoms with Gasteiger partial charge in [0.2, 0.25) is 0 Å². The summed E-state index contributed by atoms with van der Waals surface area (Å²) in [6.07, 6.45) is 1.77. The number of hydrogen-bond donors (Lipinski definition) is 1. The van der Waals surface area contributed by atoms with Crippen molar-refractivity contribution in [3.05, 3.63) is 54.2 Å². The molecular formula is C20H20N4O2S. The standard InChI is InChI=1S/C20H20N4O2S/c1-26-20-6-5-16(13-19(20)23-11-8-22-9-12-23)27(25)24-10-7-17-15(14-21)3-2-4-18(17)24/h2-7,10,13,22H,8-9,11-12H2,1H3. The van der Waals surface area contributed by atoms with E-state index in [1.54, 1.807) is 23.3 Å². The average Bonchev–Trinajstić information content (AvgIpc) is 3.17. The third-order valence-electron chi connectivity index (χ3n) is 4.81. The molecule has 0 aliphatic carbocycles. The van der Waals surface area contributed by atoms with E-state index in [1.807, 2.05) is 36.4 Å². The molecule has 1 aromatic heterocycles. The monoisotopic (exact) mass is 380 g/mol. The van der Waals surface area contributed by atoms with Gasteiger partial charge in [0.25, 0.3) is 0 Å². The summed E-state index contributed by atoms with van der Waals surface area (Å²) >= 11 is -1.42. The van der Waals surface area contributed by atoms with Gasteiger partial charge < -0.3 is 19.5 Å². The number of methoxy groups -OCH3 is 1. The van der Waals surface area contributed by atoms with Crippen molar-refractivity contribution >= 4 is 28.0 Å². The molecule has 138 valence electrons. The van der Waals surface area contributed by atoms with Gasteiger partial charge in [-0.3, -0.25) is 0 Å². The van der Waals surface area contributed by atoms with E-state index in [4.69, 9.17) is 4.74 Å². The Hall–Kier alpha value is -2.66. The second-order valence-corrected chi connectivity index (χ2v) is 7.67. The molecule has 1 atom stereocenters. The third kappa shape index (κ3) is 3.23. The van der Waals surface area contributed by atoms with Gasteiger partial charge in [-0.25, -0.2) is 0 Å². The molecule has 1 aliphatic heterocycles. The maximum Gasteiger partial charge on any atom is 0.182 e. The zero-order valence-corrected chi connectivity index (χ0v) is 15.8. The van der Waals surface area contributed by atoms with Gasteiger partial charge in [0.05, 0.1) is 36.1 Å². The van der Waals surface area contributed by atoms with Crippen LogP contribution in [0.5, 0.6) is 5.75 Å². The maximum atomic E-state index is 13.3. The number of hydrogen-bond acceptors (Lipinski definition) is 5. The molecule has 6 nitrogen and oxygen atoms in total. The maximum absolute atomic E-state index is 13.3. The summed E-state index contributed by atoms with van der Waals surface area (Å²) in [5, 5.41) is 13.4. The van der Waals surface area contributed by atoms with Gasteiger partial charge in [-0.1, -0.05) is 6.07 Å². The van der Waals surface area contributed by atoms with Gasteiger partial charge in [-0.15, -0.1) is 0 Å². The lowest BCUT2D eigenvalue weighted by Gasteiger charge is -2.30. The van der Waals surface area contributed by atoms with Gasteiger partial charge in [0.15, 0.2) is 4.90 Å². The Labute approximate surface area is 161 Å². The molecule has 0 bridgehead atoms. The van der Waals surface area contributed by atoms with Crippen LogP contribution >= 0.6 is 0 Å². The number of aromatic nitrogens is 1. The SMILES string of the molecule is COc1ccc([S+]([O-])n2ccc3c(C#N)cccc32)cc1N1CCNCC1. The number of ether oxygens (including phenoxy) is 1. The molecule has 0 spiro atoms. The number of benzene rings is 2. The Bertz CT molecular complexity index is 1000. The minimum atomic E-state index is -1.42. The topological polar surface area (TPSA) is 76.3 Å². The van der Waals surface area contributed by atoms with Crippen LogP contribution in [0.3, 0.4) is 0 Å². The van der Waals surface area contributed by atoms with Crippen LogP contribution in [-0.2, 0) is 11.4 Å². The second kappa shape index (κ2) is 7.53. The van der Waals surface area contributed by atoms with Gasteiger partial charge >= 0.3 is 0 Å². The lowest BCUT2D eigenvalue weighted by atomic mass is 10.1. The highest BCUT2D eigenvalue weighted by atomic mass is 32.2. The van der Waals surface area contributed by atoms with Crippen molar-refractivity contribution in [3.8, 4) is 11.8 Å². The zero-order valence-electron chi connectivity index (χ0n) is 15.0. The van der Waals surface area contributed by atoms with Gasteiger partial charge in [0, 0.05) is 37.6 Å². The molecular weight excluding hydrogens is 360 g/mol. The summed E-state index contributed by atoms with van der Waals surface area (Å²) < 4.78 is 20.5. The summed E-state index contributed by atoms with van der Waals surface area (Å²) in [6, 6.07) is 15.1. The van der Waals surface area contributed by atoms with Crippen LogP contribution in [0.15, 0.2) is 53.6 Å². The lowest BCUT2D eigenvalue weighted by Crippen LogP contribution is -2.43. The van der Waals surface area contributed by atoms with Crippen LogP contribution in [0.1, 0.15) is 5.56 Å².